The number of aryl methyl sites for hydroxylation is 1. The molecule has 0 aromatic heterocycles. The number of carbonyl (C=O) groups excluding carboxylic acids is 3. The van der Waals surface area contributed by atoms with Gasteiger partial charge in [-0.05, 0) is 55.7 Å². The maximum Gasteiger partial charge on any atom is 0.279 e. The van der Waals surface area contributed by atoms with E-state index in [-0.39, 0.29) is 18.7 Å². The molecule has 0 bridgehead atoms. The van der Waals surface area contributed by atoms with Crippen molar-refractivity contribution in [3.63, 3.8) is 0 Å². The van der Waals surface area contributed by atoms with Gasteiger partial charge in [-0.15, -0.1) is 0 Å². The van der Waals surface area contributed by atoms with Gasteiger partial charge in [0.25, 0.3) is 5.91 Å². The second kappa shape index (κ2) is 11.2. The highest BCUT2D eigenvalue weighted by Crippen LogP contribution is 2.23. The van der Waals surface area contributed by atoms with Gasteiger partial charge in [-0.3, -0.25) is 25.2 Å². The second-order valence-electron chi connectivity index (χ2n) is 6.83. The van der Waals surface area contributed by atoms with Crippen LogP contribution in [0.15, 0.2) is 42.5 Å². The van der Waals surface area contributed by atoms with Gasteiger partial charge in [-0.1, -0.05) is 36.7 Å². The molecule has 0 heterocycles. The summed E-state index contributed by atoms with van der Waals surface area (Å²) in [5.41, 5.74) is 7.03. The molecule has 2 aromatic rings. The van der Waals surface area contributed by atoms with Crippen molar-refractivity contribution in [2.24, 2.45) is 0 Å². The lowest BCUT2D eigenvalue weighted by Crippen LogP contribution is -2.48. The van der Waals surface area contributed by atoms with E-state index in [1.54, 1.807) is 31.2 Å². The van der Waals surface area contributed by atoms with E-state index < -0.39 is 17.9 Å². The lowest BCUT2D eigenvalue weighted by molar-refractivity contribution is -0.133. The second-order valence-corrected chi connectivity index (χ2v) is 7.24. The minimum atomic E-state index is -0.749. The molecule has 0 spiro atoms. The summed E-state index contributed by atoms with van der Waals surface area (Å²) in [6.07, 6.45) is -0.440. The van der Waals surface area contributed by atoms with Crippen LogP contribution in [0.25, 0.3) is 0 Å². The first kappa shape index (κ1) is 23.2. The Morgan fingerprint density at radius 2 is 1.70 bits per heavy atom. The molecule has 0 aliphatic heterocycles. The van der Waals surface area contributed by atoms with Gasteiger partial charge in [0.2, 0.25) is 11.8 Å². The SMILES string of the molecule is CCC(Oc1cccc(C)c1)C(=O)NNC(=O)CCC(=O)Nc1cccc(Cl)c1C. The van der Waals surface area contributed by atoms with Crippen molar-refractivity contribution >= 4 is 35.0 Å². The van der Waals surface area contributed by atoms with Crippen molar-refractivity contribution in [3.05, 3.63) is 58.6 Å². The van der Waals surface area contributed by atoms with Crippen LogP contribution < -0.4 is 20.9 Å². The van der Waals surface area contributed by atoms with Crippen molar-refractivity contribution in [2.75, 3.05) is 5.32 Å². The highest BCUT2D eigenvalue weighted by atomic mass is 35.5. The third-order valence-electron chi connectivity index (χ3n) is 4.38. The molecule has 0 aliphatic rings. The number of rotatable bonds is 8. The number of hydrazine groups is 1. The Kier molecular flexibility index (Phi) is 8.68. The van der Waals surface area contributed by atoms with E-state index >= 15 is 0 Å². The molecular weight excluding hydrogens is 406 g/mol. The molecule has 0 fully saturated rings. The predicted octanol–water partition coefficient (Wildman–Crippen LogP) is 3.68. The van der Waals surface area contributed by atoms with Crippen LogP contribution in [0.4, 0.5) is 5.69 Å². The molecule has 7 nitrogen and oxygen atoms in total. The van der Waals surface area contributed by atoms with E-state index in [1.165, 1.54) is 0 Å². The zero-order chi connectivity index (χ0) is 22.1. The molecule has 0 aliphatic carbocycles. The van der Waals surface area contributed by atoms with Gasteiger partial charge < -0.3 is 10.1 Å². The number of halogens is 1. The van der Waals surface area contributed by atoms with Crippen LogP contribution in [0.5, 0.6) is 5.75 Å². The lowest BCUT2D eigenvalue weighted by Gasteiger charge is -2.17. The number of ether oxygens (including phenoxy) is 1. The Morgan fingerprint density at radius 3 is 2.40 bits per heavy atom. The van der Waals surface area contributed by atoms with Crippen molar-refractivity contribution < 1.29 is 19.1 Å². The lowest BCUT2D eigenvalue weighted by atomic mass is 10.2. The Bertz CT molecular complexity index is 917. The topological polar surface area (TPSA) is 96.5 Å². The van der Waals surface area contributed by atoms with E-state index in [1.807, 2.05) is 32.0 Å². The molecule has 0 radical (unpaired) electrons. The van der Waals surface area contributed by atoms with Crippen LogP contribution in [0, 0.1) is 13.8 Å². The van der Waals surface area contributed by atoms with E-state index in [0.717, 1.165) is 11.1 Å². The molecule has 2 aromatic carbocycles. The minimum absolute atomic E-state index is 0.0370. The Labute approximate surface area is 181 Å². The number of carbonyl (C=O) groups is 3. The summed E-state index contributed by atoms with van der Waals surface area (Å²) < 4.78 is 5.69. The first-order valence-corrected chi connectivity index (χ1v) is 10.0. The average Bonchev–Trinajstić information content (AvgIpc) is 2.72. The quantitative estimate of drug-likeness (QED) is 0.555. The summed E-state index contributed by atoms with van der Waals surface area (Å²) in [5, 5.41) is 3.27. The van der Waals surface area contributed by atoms with Crippen LogP contribution in [-0.2, 0) is 14.4 Å². The normalized spacial score (nSPS) is 11.3. The zero-order valence-electron chi connectivity index (χ0n) is 17.3. The highest BCUT2D eigenvalue weighted by molar-refractivity contribution is 6.31. The standard InChI is InChI=1S/C22H26ClN3O4/c1-4-19(30-16-8-5-7-14(2)13-16)22(29)26-25-21(28)12-11-20(27)24-18-10-6-9-17(23)15(18)3/h5-10,13,19H,4,11-12H2,1-3H3,(H,24,27)(H,25,28)(H,26,29). The van der Waals surface area contributed by atoms with Crippen molar-refractivity contribution in [1.82, 2.24) is 10.9 Å². The first-order valence-electron chi connectivity index (χ1n) is 9.67. The smallest absolute Gasteiger partial charge is 0.279 e. The van der Waals surface area contributed by atoms with Gasteiger partial charge >= 0.3 is 0 Å². The summed E-state index contributed by atoms with van der Waals surface area (Å²) in [5.74, 6) is -0.689. The molecule has 160 valence electrons. The zero-order valence-corrected chi connectivity index (χ0v) is 18.0. The fourth-order valence-electron chi connectivity index (χ4n) is 2.63. The van der Waals surface area contributed by atoms with Crippen molar-refractivity contribution in [3.8, 4) is 5.75 Å². The number of hydrogen-bond donors (Lipinski definition) is 3. The largest absolute Gasteiger partial charge is 0.481 e. The minimum Gasteiger partial charge on any atom is -0.481 e. The van der Waals surface area contributed by atoms with Crippen molar-refractivity contribution in [2.45, 2.75) is 46.1 Å². The van der Waals surface area contributed by atoms with Crippen LogP contribution in [0.1, 0.15) is 37.3 Å². The Hall–Kier alpha value is -3.06. The summed E-state index contributed by atoms with van der Waals surface area (Å²) in [6.45, 7) is 5.53. The fourth-order valence-corrected chi connectivity index (χ4v) is 2.81. The summed E-state index contributed by atoms with van der Waals surface area (Å²) in [4.78, 5) is 36.3. The molecule has 1 unspecified atom stereocenters. The number of anilines is 1. The molecule has 3 N–H and O–H groups in total. The number of benzene rings is 2. The third kappa shape index (κ3) is 7.08. The van der Waals surface area contributed by atoms with Crippen LogP contribution >= 0.6 is 11.6 Å². The van der Waals surface area contributed by atoms with E-state index in [9.17, 15) is 14.4 Å². The molecule has 0 saturated heterocycles. The van der Waals surface area contributed by atoms with E-state index in [0.29, 0.717) is 22.9 Å². The molecule has 30 heavy (non-hydrogen) atoms. The van der Waals surface area contributed by atoms with Gasteiger partial charge in [-0.25, -0.2) is 0 Å². The van der Waals surface area contributed by atoms with Crippen LogP contribution in [0.2, 0.25) is 5.02 Å². The summed E-state index contributed by atoms with van der Waals surface area (Å²) >= 11 is 6.03. The highest BCUT2D eigenvalue weighted by Gasteiger charge is 2.19. The average molecular weight is 432 g/mol. The van der Waals surface area contributed by atoms with E-state index in [2.05, 4.69) is 16.2 Å². The van der Waals surface area contributed by atoms with Crippen molar-refractivity contribution in [1.29, 1.82) is 0 Å². The van der Waals surface area contributed by atoms with Gasteiger partial charge in [-0.2, -0.15) is 0 Å². The number of hydrogen-bond acceptors (Lipinski definition) is 4. The van der Waals surface area contributed by atoms with Gasteiger partial charge in [0, 0.05) is 23.6 Å². The maximum atomic E-state index is 12.3. The molecule has 0 saturated carbocycles. The Morgan fingerprint density at radius 1 is 1.00 bits per heavy atom. The first-order chi connectivity index (χ1) is 14.3. The number of nitrogens with one attached hydrogen (secondary N) is 3. The molecule has 8 heteroatoms. The number of amides is 3. The molecular formula is C22H26ClN3O4. The van der Waals surface area contributed by atoms with Crippen LogP contribution in [0.3, 0.4) is 0 Å². The summed E-state index contributed by atoms with van der Waals surface area (Å²) in [6, 6.07) is 12.6. The third-order valence-corrected chi connectivity index (χ3v) is 4.79. The molecule has 2 rings (SSSR count). The summed E-state index contributed by atoms with van der Waals surface area (Å²) in [7, 11) is 0. The predicted molar refractivity (Wildman–Crippen MR) is 116 cm³/mol. The van der Waals surface area contributed by atoms with Crippen LogP contribution in [-0.4, -0.2) is 23.8 Å². The molecule has 1 atom stereocenters. The maximum absolute atomic E-state index is 12.3. The van der Waals surface area contributed by atoms with Gasteiger partial charge in [0.15, 0.2) is 6.10 Å². The Balaban J connectivity index is 1.76. The van der Waals surface area contributed by atoms with E-state index in [4.69, 9.17) is 16.3 Å². The monoisotopic (exact) mass is 431 g/mol. The van der Waals surface area contributed by atoms with Gasteiger partial charge in [0.05, 0.1) is 0 Å². The molecule has 3 amide bonds. The fraction of sp³-hybridized carbons (Fsp3) is 0.318. The van der Waals surface area contributed by atoms with Gasteiger partial charge in [0.1, 0.15) is 5.75 Å².